The van der Waals surface area contributed by atoms with Crippen molar-refractivity contribution in [3.8, 4) is 0 Å². The summed E-state index contributed by atoms with van der Waals surface area (Å²) in [7, 11) is -3.14. The third-order valence-electron chi connectivity index (χ3n) is 4.54. The maximum Gasteiger partial charge on any atom is 0.214 e. The van der Waals surface area contributed by atoms with Gasteiger partial charge < -0.3 is 4.90 Å². The van der Waals surface area contributed by atoms with Gasteiger partial charge in [0.25, 0.3) is 0 Å². The van der Waals surface area contributed by atoms with Crippen LogP contribution in [0.4, 0.5) is 5.82 Å². The Balaban J connectivity index is 1.57. The number of rotatable bonds is 4. The van der Waals surface area contributed by atoms with Crippen LogP contribution in [0.1, 0.15) is 25.7 Å². The van der Waals surface area contributed by atoms with E-state index in [0.29, 0.717) is 6.54 Å². The highest BCUT2D eigenvalue weighted by molar-refractivity contribution is 7.90. The maximum atomic E-state index is 12.2. The lowest BCUT2D eigenvalue weighted by Gasteiger charge is -2.34. The van der Waals surface area contributed by atoms with Gasteiger partial charge in [-0.05, 0) is 37.8 Å². The van der Waals surface area contributed by atoms with Gasteiger partial charge in [-0.1, -0.05) is 12.1 Å². The van der Waals surface area contributed by atoms with E-state index in [1.807, 2.05) is 24.3 Å². The SMILES string of the molecule is O=S(=O)(NC1CCCN(c2ncnc3ccccc23)C1)C1CC1. The van der Waals surface area contributed by atoms with Crippen molar-refractivity contribution < 1.29 is 8.42 Å². The van der Waals surface area contributed by atoms with Gasteiger partial charge in [-0.3, -0.25) is 0 Å². The van der Waals surface area contributed by atoms with Crippen LogP contribution in [-0.2, 0) is 10.0 Å². The molecular formula is C16H20N4O2S. The summed E-state index contributed by atoms with van der Waals surface area (Å²) in [5.41, 5.74) is 0.915. The first-order valence-electron chi connectivity index (χ1n) is 8.09. The zero-order valence-corrected chi connectivity index (χ0v) is 13.7. The molecule has 1 saturated heterocycles. The van der Waals surface area contributed by atoms with Crippen molar-refractivity contribution in [2.45, 2.75) is 37.0 Å². The van der Waals surface area contributed by atoms with Crippen molar-refractivity contribution in [3.63, 3.8) is 0 Å². The van der Waals surface area contributed by atoms with Crippen LogP contribution in [0.2, 0.25) is 0 Å². The summed E-state index contributed by atoms with van der Waals surface area (Å²) in [5.74, 6) is 0.894. The lowest BCUT2D eigenvalue weighted by Crippen LogP contribution is -2.48. The van der Waals surface area contributed by atoms with Crippen LogP contribution < -0.4 is 9.62 Å². The number of para-hydroxylation sites is 1. The molecule has 7 heteroatoms. The van der Waals surface area contributed by atoms with Gasteiger partial charge in [0.05, 0.1) is 10.8 Å². The van der Waals surface area contributed by atoms with Gasteiger partial charge in [0.1, 0.15) is 12.1 Å². The van der Waals surface area contributed by atoms with Crippen LogP contribution in [0.3, 0.4) is 0 Å². The van der Waals surface area contributed by atoms with Crippen molar-refractivity contribution in [1.29, 1.82) is 0 Å². The molecule has 1 aliphatic carbocycles. The molecule has 2 fully saturated rings. The number of hydrogen-bond acceptors (Lipinski definition) is 5. The number of benzene rings is 1. The molecule has 1 atom stereocenters. The zero-order valence-electron chi connectivity index (χ0n) is 12.9. The standard InChI is InChI=1S/C16H20N4O2S/c21-23(22,13-7-8-13)19-12-4-3-9-20(10-12)16-14-5-1-2-6-15(14)17-11-18-16/h1-2,5-6,11-13,19H,3-4,7-10H2. The second-order valence-corrected chi connectivity index (χ2v) is 8.35. The number of fused-ring (bicyclic) bond motifs is 1. The zero-order chi connectivity index (χ0) is 15.9. The topological polar surface area (TPSA) is 75.2 Å². The first kappa shape index (κ1) is 14.8. The van der Waals surface area contributed by atoms with Crippen LogP contribution in [0, 0.1) is 0 Å². The Morgan fingerprint density at radius 2 is 1.96 bits per heavy atom. The monoisotopic (exact) mass is 332 g/mol. The molecule has 1 saturated carbocycles. The second-order valence-electron chi connectivity index (χ2n) is 6.36. The van der Waals surface area contributed by atoms with Crippen LogP contribution in [0.15, 0.2) is 30.6 Å². The predicted octanol–water partition coefficient (Wildman–Crippen LogP) is 1.68. The summed E-state index contributed by atoms with van der Waals surface area (Å²) >= 11 is 0. The third-order valence-corrected chi connectivity index (χ3v) is 6.55. The highest BCUT2D eigenvalue weighted by Crippen LogP contribution is 2.29. The molecule has 2 aromatic rings. The fourth-order valence-electron chi connectivity index (χ4n) is 3.22. The van der Waals surface area contributed by atoms with E-state index < -0.39 is 10.0 Å². The first-order valence-corrected chi connectivity index (χ1v) is 9.64. The predicted molar refractivity (Wildman–Crippen MR) is 89.9 cm³/mol. The largest absolute Gasteiger partial charge is 0.354 e. The summed E-state index contributed by atoms with van der Waals surface area (Å²) in [6, 6.07) is 7.89. The van der Waals surface area contributed by atoms with E-state index in [9.17, 15) is 8.42 Å². The number of nitrogens with one attached hydrogen (secondary N) is 1. The van der Waals surface area contributed by atoms with Crippen LogP contribution in [-0.4, -0.2) is 42.8 Å². The maximum absolute atomic E-state index is 12.2. The first-order chi connectivity index (χ1) is 11.1. The third kappa shape index (κ3) is 3.03. The van der Waals surface area contributed by atoms with Crippen LogP contribution in [0.5, 0.6) is 0 Å². The molecule has 1 aromatic carbocycles. The smallest absolute Gasteiger partial charge is 0.214 e. The summed E-state index contributed by atoms with van der Waals surface area (Å²) in [6.07, 6.45) is 5.00. The van der Waals surface area contributed by atoms with Gasteiger partial charge in [0.15, 0.2) is 0 Å². The molecule has 2 heterocycles. The number of sulfonamides is 1. The molecule has 6 nitrogen and oxygen atoms in total. The molecule has 122 valence electrons. The Morgan fingerprint density at radius 3 is 2.78 bits per heavy atom. The van der Waals surface area contributed by atoms with E-state index >= 15 is 0 Å². The highest BCUT2D eigenvalue weighted by atomic mass is 32.2. The van der Waals surface area contributed by atoms with Crippen LogP contribution >= 0.6 is 0 Å². The van der Waals surface area contributed by atoms with E-state index in [2.05, 4.69) is 19.6 Å². The highest BCUT2D eigenvalue weighted by Gasteiger charge is 2.37. The molecule has 4 rings (SSSR count). The minimum atomic E-state index is -3.14. The molecule has 23 heavy (non-hydrogen) atoms. The Hall–Kier alpha value is -1.73. The van der Waals surface area contributed by atoms with Gasteiger partial charge in [0.2, 0.25) is 10.0 Å². The van der Waals surface area contributed by atoms with E-state index in [4.69, 9.17) is 0 Å². The molecule has 0 radical (unpaired) electrons. The minimum Gasteiger partial charge on any atom is -0.354 e. The summed E-state index contributed by atoms with van der Waals surface area (Å²) in [5, 5.41) is 0.846. The fourth-order valence-corrected chi connectivity index (χ4v) is 4.82. The van der Waals surface area contributed by atoms with Crippen LogP contribution in [0.25, 0.3) is 10.9 Å². The number of anilines is 1. The van der Waals surface area contributed by atoms with Crippen molar-refractivity contribution in [3.05, 3.63) is 30.6 Å². The lowest BCUT2D eigenvalue weighted by molar-refractivity contribution is 0.464. The average Bonchev–Trinajstić information content (AvgIpc) is 3.40. The normalized spacial score (nSPS) is 22.4. The van der Waals surface area contributed by atoms with Crippen molar-refractivity contribution in [2.24, 2.45) is 0 Å². The number of hydrogen-bond donors (Lipinski definition) is 1. The van der Waals surface area contributed by atoms with Crippen molar-refractivity contribution >= 4 is 26.7 Å². The molecule has 0 amide bonds. The van der Waals surface area contributed by atoms with E-state index in [1.165, 1.54) is 0 Å². The van der Waals surface area contributed by atoms with Crippen molar-refractivity contribution in [2.75, 3.05) is 18.0 Å². The lowest BCUT2D eigenvalue weighted by atomic mass is 10.1. The summed E-state index contributed by atoms with van der Waals surface area (Å²) in [6.45, 7) is 1.55. The Kier molecular flexibility index (Phi) is 3.69. The number of nitrogens with zero attached hydrogens (tertiary/aromatic N) is 3. The van der Waals surface area contributed by atoms with Gasteiger partial charge in [-0.15, -0.1) is 0 Å². The molecule has 0 bridgehead atoms. The Bertz CT molecular complexity index is 814. The van der Waals surface area contributed by atoms with Gasteiger partial charge in [-0.2, -0.15) is 0 Å². The van der Waals surface area contributed by atoms with E-state index in [1.54, 1.807) is 6.33 Å². The second kappa shape index (κ2) is 5.72. The summed E-state index contributed by atoms with van der Waals surface area (Å²) in [4.78, 5) is 10.9. The molecule has 2 aliphatic rings. The molecule has 1 unspecified atom stereocenters. The van der Waals surface area contributed by atoms with Crippen molar-refractivity contribution in [1.82, 2.24) is 14.7 Å². The minimum absolute atomic E-state index is 0.0388. The van der Waals surface area contributed by atoms with E-state index in [0.717, 1.165) is 48.9 Å². The Labute approximate surface area is 136 Å². The van der Waals surface area contributed by atoms with Gasteiger partial charge in [0, 0.05) is 24.5 Å². The molecule has 1 aromatic heterocycles. The van der Waals surface area contributed by atoms with E-state index in [-0.39, 0.29) is 11.3 Å². The fraction of sp³-hybridized carbons (Fsp3) is 0.500. The van der Waals surface area contributed by atoms with Gasteiger partial charge in [-0.25, -0.2) is 23.1 Å². The molecular weight excluding hydrogens is 312 g/mol. The number of piperidine rings is 1. The molecule has 1 aliphatic heterocycles. The average molecular weight is 332 g/mol. The molecule has 0 spiro atoms. The Morgan fingerprint density at radius 1 is 1.13 bits per heavy atom. The summed E-state index contributed by atoms with van der Waals surface area (Å²) < 4.78 is 27.2. The number of aromatic nitrogens is 2. The van der Waals surface area contributed by atoms with Gasteiger partial charge >= 0.3 is 0 Å². The quantitative estimate of drug-likeness (QED) is 0.922. The molecule has 1 N–H and O–H groups in total.